The number of esters is 2. The standard InChI is InChI=1S/C17H24O5/c1-10(18)6-7-12-11-8-17(14(19)21-4,15(20)22-5)9-13(11)16(12,2)3/h13H,6-9H2,1-5H3. The summed E-state index contributed by atoms with van der Waals surface area (Å²) < 4.78 is 9.74. The van der Waals surface area contributed by atoms with E-state index in [1.165, 1.54) is 19.8 Å². The third-order valence-corrected chi connectivity index (χ3v) is 5.38. The van der Waals surface area contributed by atoms with Crippen LogP contribution in [0.4, 0.5) is 0 Å². The van der Waals surface area contributed by atoms with Crippen LogP contribution < -0.4 is 0 Å². The normalized spacial score (nSPS) is 24.3. The van der Waals surface area contributed by atoms with Crippen LogP contribution in [0.25, 0.3) is 0 Å². The molecule has 0 amide bonds. The van der Waals surface area contributed by atoms with E-state index in [0.29, 0.717) is 25.7 Å². The molecule has 2 aliphatic carbocycles. The number of ether oxygens (including phenoxy) is 2. The Hall–Kier alpha value is -1.65. The van der Waals surface area contributed by atoms with Crippen molar-refractivity contribution >= 4 is 17.7 Å². The van der Waals surface area contributed by atoms with E-state index in [9.17, 15) is 14.4 Å². The average molecular weight is 308 g/mol. The molecule has 1 saturated carbocycles. The summed E-state index contributed by atoms with van der Waals surface area (Å²) in [5.74, 6) is -0.726. The fraction of sp³-hybridized carbons (Fsp3) is 0.706. The maximum Gasteiger partial charge on any atom is 0.323 e. The van der Waals surface area contributed by atoms with Gasteiger partial charge in [0.15, 0.2) is 5.41 Å². The topological polar surface area (TPSA) is 69.7 Å². The second-order valence-corrected chi connectivity index (χ2v) is 6.93. The highest BCUT2D eigenvalue weighted by Crippen LogP contribution is 2.65. The first-order valence-corrected chi connectivity index (χ1v) is 7.59. The van der Waals surface area contributed by atoms with Gasteiger partial charge in [0.2, 0.25) is 0 Å². The van der Waals surface area contributed by atoms with Gasteiger partial charge in [-0.25, -0.2) is 0 Å². The summed E-state index contributed by atoms with van der Waals surface area (Å²) >= 11 is 0. The fourth-order valence-electron chi connectivity index (χ4n) is 4.12. The highest BCUT2D eigenvalue weighted by Gasteiger charge is 2.63. The van der Waals surface area contributed by atoms with Gasteiger partial charge in [-0.2, -0.15) is 0 Å². The van der Waals surface area contributed by atoms with E-state index in [-0.39, 0.29) is 17.1 Å². The summed E-state index contributed by atoms with van der Waals surface area (Å²) in [7, 11) is 2.59. The average Bonchev–Trinajstić information content (AvgIpc) is 2.84. The van der Waals surface area contributed by atoms with Crippen molar-refractivity contribution in [1.82, 2.24) is 0 Å². The number of ketones is 1. The van der Waals surface area contributed by atoms with Crippen LogP contribution in [0.15, 0.2) is 11.1 Å². The Morgan fingerprint density at radius 3 is 2.14 bits per heavy atom. The first kappa shape index (κ1) is 16.7. The Morgan fingerprint density at radius 1 is 1.14 bits per heavy atom. The molecule has 0 radical (unpaired) electrons. The van der Waals surface area contributed by atoms with Gasteiger partial charge in [0, 0.05) is 6.42 Å². The first-order valence-electron chi connectivity index (χ1n) is 7.59. The zero-order valence-corrected chi connectivity index (χ0v) is 13.9. The van der Waals surface area contributed by atoms with Gasteiger partial charge in [-0.1, -0.05) is 25.0 Å². The van der Waals surface area contributed by atoms with Crippen LogP contribution in [0.1, 0.15) is 46.5 Å². The highest BCUT2D eigenvalue weighted by atomic mass is 16.5. The van der Waals surface area contributed by atoms with E-state index >= 15 is 0 Å². The lowest BCUT2D eigenvalue weighted by molar-refractivity contribution is -0.168. The Labute approximate surface area is 131 Å². The van der Waals surface area contributed by atoms with Crippen molar-refractivity contribution in [1.29, 1.82) is 0 Å². The number of allylic oxidation sites excluding steroid dienone is 2. The highest BCUT2D eigenvalue weighted by molar-refractivity contribution is 6.01. The second-order valence-electron chi connectivity index (χ2n) is 6.93. The van der Waals surface area contributed by atoms with Gasteiger partial charge in [-0.15, -0.1) is 0 Å². The zero-order chi connectivity index (χ0) is 16.7. The van der Waals surface area contributed by atoms with Gasteiger partial charge in [-0.3, -0.25) is 9.59 Å². The third kappa shape index (κ3) is 2.27. The van der Waals surface area contributed by atoms with Gasteiger partial charge < -0.3 is 14.3 Å². The zero-order valence-electron chi connectivity index (χ0n) is 13.9. The Balaban J connectivity index is 2.35. The third-order valence-electron chi connectivity index (χ3n) is 5.38. The first-order chi connectivity index (χ1) is 10.2. The molecule has 0 aromatic heterocycles. The molecule has 0 spiro atoms. The van der Waals surface area contributed by atoms with Crippen molar-refractivity contribution < 1.29 is 23.9 Å². The molecule has 1 fully saturated rings. The molecular formula is C17H24O5. The molecule has 122 valence electrons. The number of hydrogen-bond acceptors (Lipinski definition) is 5. The molecule has 5 nitrogen and oxygen atoms in total. The van der Waals surface area contributed by atoms with E-state index < -0.39 is 17.4 Å². The van der Waals surface area contributed by atoms with Crippen LogP contribution in [-0.4, -0.2) is 31.9 Å². The number of Topliss-reactive ketones (excluding diaryl/α,β-unsaturated/α-hetero) is 1. The lowest BCUT2D eigenvalue weighted by Crippen LogP contribution is -2.40. The summed E-state index contributed by atoms with van der Waals surface area (Å²) in [6.45, 7) is 5.80. The van der Waals surface area contributed by atoms with Crippen molar-refractivity contribution in [3.63, 3.8) is 0 Å². The molecule has 1 unspecified atom stereocenters. The summed E-state index contributed by atoms with van der Waals surface area (Å²) in [5, 5.41) is 0. The minimum atomic E-state index is -1.22. The van der Waals surface area contributed by atoms with Crippen LogP contribution in [0.5, 0.6) is 0 Å². The minimum Gasteiger partial charge on any atom is -0.468 e. The molecule has 0 aliphatic heterocycles. The minimum absolute atomic E-state index is 0.0887. The molecule has 0 N–H and O–H groups in total. The molecule has 2 rings (SSSR count). The molecule has 5 heteroatoms. The lowest BCUT2D eigenvalue weighted by Gasteiger charge is -2.46. The predicted molar refractivity (Wildman–Crippen MR) is 79.9 cm³/mol. The van der Waals surface area contributed by atoms with Gasteiger partial charge in [0.1, 0.15) is 5.78 Å². The number of methoxy groups -OCH3 is 2. The smallest absolute Gasteiger partial charge is 0.323 e. The van der Waals surface area contributed by atoms with E-state index in [0.717, 1.165) is 5.57 Å². The molecule has 2 aliphatic rings. The molecular weight excluding hydrogens is 284 g/mol. The van der Waals surface area contributed by atoms with Crippen molar-refractivity contribution in [2.24, 2.45) is 16.7 Å². The Bertz CT molecular complexity index is 539. The van der Waals surface area contributed by atoms with E-state index in [4.69, 9.17) is 9.47 Å². The van der Waals surface area contributed by atoms with Crippen molar-refractivity contribution in [3.8, 4) is 0 Å². The van der Waals surface area contributed by atoms with Crippen molar-refractivity contribution in [2.75, 3.05) is 14.2 Å². The summed E-state index contributed by atoms with van der Waals surface area (Å²) in [5.41, 5.74) is 1.04. The fourth-order valence-corrected chi connectivity index (χ4v) is 4.12. The number of rotatable bonds is 5. The number of fused-ring (bicyclic) bond motifs is 1. The summed E-state index contributed by atoms with van der Waals surface area (Å²) in [4.78, 5) is 35.7. The molecule has 0 aromatic carbocycles. The predicted octanol–water partition coefficient (Wildman–Crippen LogP) is 2.43. The maximum atomic E-state index is 12.2. The molecule has 0 bridgehead atoms. The molecule has 0 saturated heterocycles. The second kappa shape index (κ2) is 5.52. The monoisotopic (exact) mass is 308 g/mol. The van der Waals surface area contributed by atoms with E-state index in [1.54, 1.807) is 6.92 Å². The van der Waals surface area contributed by atoms with Gasteiger partial charge in [0.05, 0.1) is 14.2 Å². The maximum absolute atomic E-state index is 12.2. The quantitative estimate of drug-likeness (QED) is 0.443. The van der Waals surface area contributed by atoms with Gasteiger partial charge >= 0.3 is 11.9 Å². The Morgan fingerprint density at radius 2 is 1.68 bits per heavy atom. The molecule has 0 heterocycles. The van der Waals surface area contributed by atoms with Crippen LogP contribution in [0.2, 0.25) is 0 Å². The summed E-state index contributed by atoms with van der Waals surface area (Å²) in [6.07, 6.45) is 1.98. The van der Waals surface area contributed by atoms with E-state index in [2.05, 4.69) is 13.8 Å². The molecule has 1 atom stereocenters. The van der Waals surface area contributed by atoms with Gasteiger partial charge in [0.25, 0.3) is 0 Å². The number of carbonyl (C=O) groups excluding carboxylic acids is 3. The van der Waals surface area contributed by atoms with Crippen LogP contribution >= 0.6 is 0 Å². The van der Waals surface area contributed by atoms with Gasteiger partial charge in [-0.05, 0) is 37.5 Å². The van der Waals surface area contributed by atoms with Crippen LogP contribution in [0, 0.1) is 16.7 Å². The molecule has 0 aromatic rings. The van der Waals surface area contributed by atoms with Crippen LogP contribution in [-0.2, 0) is 23.9 Å². The number of hydrogen-bond donors (Lipinski definition) is 0. The summed E-state index contributed by atoms with van der Waals surface area (Å²) in [6, 6.07) is 0. The van der Waals surface area contributed by atoms with Crippen molar-refractivity contribution in [3.05, 3.63) is 11.1 Å². The van der Waals surface area contributed by atoms with Crippen molar-refractivity contribution in [2.45, 2.75) is 46.5 Å². The number of carbonyl (C=O) groups is 3. The Kier molecular flexibility index (Phi) is 4.20. The largest absolute Gasteiger partial charge is 0.468 e. The van der Waals surface area contributed by atoms with E-state index in [1.807, 2.05) is 0 Å². The van der Waals surface area contributed by atoms with Crippen LogP contribution in [0.3, 0.4) is 0 Å². The molecule has 22 heavy (non-hydrogen) atoms. The lowest BCUT2D eigenvalue weighted by atomic mass is 9.58. The SMILES string of the molecule is COC(=O)C1(C(=O)OC)CC2=C(CCC(C)=O)C(C)(C)C2C1.